The molecular weight excluding hydrogens is 380 g/mol. The summed E-state index contributed by atoms with van der Waals surface area (Å²) in [7, 11) is 1.47. The number of carbonyl (C=O) groups excluding carboxylic acids is 2. The van der Waals surface area contributed by atoms with Crippen LogP contribution >= 0.6 is 11.6 Å². The van der Waals surface area contributed by atoms with Crippen molar-refractivity contribution >= 4 is 46.5 Å². The predicted molar refractivity (Wildman–Crippen MR) is 109 cm³/mol. The molecule has 3 rings (SSSR count). The Balaban J connectivity index is 2.00. The van der Waals surface area contributed by atoms with E-state index in [1.54, 1.807) is 24.3 Å². The van der Waals surface area contributed by atoms with Gasteiger partial charge in [0.1, 0.15) is 11.8 Å². The van der Waals surface area contributed by atoms with Gasteiger partial charge in [-0.15, -0.1) is 0 Å². The number of nitrogens with two attached hydrogens (primary N) is 1. The van der Waals surface area contributed by atoms with E-state index in [1.165, 1.54) is 14.0 Å². The molecule has 2 amide bonds. The number of aromatic amines is 1. The predicted octanol–water partition coefficient (Wildman–Crippen LogP) is 3.00. The second kappa shape index (κ2) is 8.14. The minimum absolute atomic E-state index is 0.283. The van der Waals surface area contributed by atoms with Gasteiger partial charge >= 0.3 is 0 Å². The third kappa shape index (κ3) is 3.99. The Morgan fingerprint density at radius 2 is 1.93 bits per heavy atom. The molecule has 0 saturated heterocycles. The van der Waals surface area contributed by atoms with Gasteiger partial charge in [0, 0.05) is 5.02 Å². The monoisotopic (exact) mass is 398 g/mol. The molecule has 1 heterocycles. The van der Waals surface area contributed by atoms with Gasteiger partial charge in [-0.05, 0) is 42.8 Å². The molecule has 2 aromatic carbocycles. The fourth-order valence-electron chi connectivity index (χ4n) is 2.71. The Morgan fingerprint density at radius 3 is 2.57 bits per heavy atom. The molecule has 0 radical (unpaired) electrons. The standard InChI is InChI=1S/C20H19ClN4O3/c1-11(19(22)26)23-20(27)14-8-10-16-17(18(14)28-2)15(24-25-16)9-5-12-3-6-13(21)7-4-12/h3-11H,1-2H3,(H2,22,26)(H,23,27)(H,24,25)/t11-/m0/s1. The van der Waals surface area contributed by atoms with Crippen molar-refractivity contribution in [2.45, 2.75) is 13.0 Å². The van der Waals surface area contributed by atoms with Crippen molar-refractivity contribution in [1.29, 1.82) is 0 Å². The van der Waals surface area contributed by atoms with Crippen LogP contribution in [-0.4, -0.2) is 35.2 Å². The van der Waals surface area contributed by atoms with Crippen LogP contribution in [0.4, 0.5) is 0 Å². The molecular formula is C20H19ClN4O3. The van der Waals surface area contributed by atoms with Crippen molar-refractivity contribution in [1.82, 2.24) is 15.5 Å². The lowest BCUT2D eigenvalue weighted by Crippen LogP contribution is -2.42. The Hall–Kier alpha value is -3.32. The number of amides is 2. The number of primary amides is 1. The molecule has 0 spiro atoms. The summed E-state index contributed by atoms with van der Waals surface area (Å²) in [6.07, 6.45) is 3.70. The summed E-state index contributed by atoms with van der Waals surface area (Å²) in [5.41, 5.74) is 7.77. The number of aromatic nitrogens is 2. The molecule has 28 heavy (non-hydrogen) atoms. The van der Waals surface area contributed by atoms with Gasteiger partial charge in [-0.2, -0.15) is 5.10 Å². The van der Waals surface area contributed by atoms with E-state index in [2.05, 4.69) is 15.5 Å². The van der Waals surface area contributed by atoms with Gasteiger partial charge < -0.3 is 15.8 Å². The van der Waals surface area contributed by atoms with E-state index in [1.807, 2.05) is 24.3 Å². The van der Waals surface area contributed by atoms with E-state index >= 15 is 0 Å². The number of fused-ring (bicyclic) bond motifs is 1. The van der Waals surface area contributed by atoms with Crippen molar-refractivity contribution in [3.8, 4) is 5.75 Å². The van der Waals surface area contributed by atoms with Crippen molar-refractivity contribution in [2.24, 2.45) is 5.73 Å². The summed E-state index contributed by atoms with van der Waals surface area (Å²) in [5.74, 6) is -0.724. The van der Waals surface area contributed by atoms with Gasteiger partial charge in [-0.3, -0.25) is 14.7 Å². The SMILES string of the molecule is COc1c(C(=O)N[C@@H](C)C(N)=O)ccc2[nH]nc(C=Cc3ccc(Cl)cc3)c12. The smallest absolute Gasteiger partial charge is 0.255 e. The fraction of sp³-hybridized carbons (Fsp3) is 0.150. The molecule has 144 valence electrons. The lowest BCUT2D eigenvalue weighted by Gasteiger charge is -2.13. The zero-order valence-electron chi connectivity index (χ0n) is 15.3. The highest BCUT2D eigenvalue weighted by molar-refractivity contribution is 6.30. The number of carbonyl (C=O) groups is 2. The van der Waals surface area contributed by atoms with Crippen LogP contribution in [0.15, 0.2) is 36.4 Å². The van der Waals surface area contributed by atoms with Gasteiger partial charge in [0.05, 0.1) is 29.3 Å². The lowest BCUT2D eigenvalue weighted by atomic mass is 10.1. The molecule has 0 unspecified atom stereocenters. The highest BCUT2D eigenvalue weighted by Gasteiger charge is 2.21. The first-order valence-corrected chi connectivity index (χ1v) is 8.87. The van der Waals surface area contributed by atoms with Crippen molar-refractivity contribution in [3.63, 3.8) is 0 Å². The van der Waals surface area contributed by atoms with Crippen LogP contribution in [0.5, 0.6) is 5.75 Å². The maximum Gasteiger partial charge on any atom is 0.255 e. The van der Waals surface area contributed by atoms with Crippen LogP contribution in [0.1, 0.15) is 28.5 Å². The maximum atomic E-state index is 12.6. The topological polar surface area (TPSA) is 110 Å². The quantitative estimate of drug-likeness (QED) is 0.592. The van der Waals surface area contributed by atoms with E-state index in [0.717, 1.165) is 5.56 Å². The molecule has 1 atom stereocenters. The number of hydrogen-bond acceptors (Lipinski definition) is 4. The third-order valence-corrected chi connectivity index (χ3v) is 4.49. The van der Waals surface area contributed by atoms with E-state index in [4.69, 9.17) is 22.1 Å². The van der Waals surface area contributed by atoms with Crippen LogP contribution < -0.4 is 15.8 Å². The zero-order chi connectivity index (χ0) is 20.3. The van der Waals surface area contributed by atoms with Crippen LogP contribution in [0.3, 0.4) is 0 Å². The summed E-state index contributed by atoms with van der Waals surface area (Å²) in [6.45, 7) is 1.52. The summed E-state index contributed by atoms with van der Waals surface area (Å²) < 4.78 is 5.50. The van der Waals surface area contributed by atoms with Crippen LogP contribution in [0.2, 0.25) is 5.02 Å². The van der Waals surface area contributed by atoms with E-state index in [0.29, 0.717) is 27.4 Å². The molecule has 4 N–H and O–H groups in total. The zero-order valence-corrected chi connectivity index (χ0v) is 16.1. The molecule has 0 aliphatic carbocycles. The van der Waals surface area contributed by atoms with Gasteiger partial charge in [-0.1, -0.05) is 29.8 Å². The lowest BCUT2D eigenvalue weighted by molar-refractivity contribution is -0.119. The number of rotatable bonds is 6. The number of nitrogens with zero attached hydrogens (tertiary/aromatic N) is 1. The molecule has 0 fully saturated rings. The summed E-state index contributed by atoms with van der Waals surface area (Å²) >= 11 is 5.91. The molecule has 0 saturated carbocycles. The minimum Gasteiger partial charge on any atom is -0.495 e. The Bertz CT molecular complexity index is 1060. The van der Waals surface area contributed by atoms with Gasteiger partial charge in [0.2, 0.25) is 5.91 Å². The average Bonchev–Trinajstić information content (AvgIpc) is 3.09. The summed E-state index contributed by atoms with van der Waals surface area (Å²) in [5, 5.41) is 11.1. The van der Waals surface area contributed by atoms with Gasteiger partial charge in [0.25, 0.3) is 5.91 Å². The molecule has 0 bridgehead atoms. The number of nitrogens with one attached hydrogen (secondary N) is 2. The van der Waals surface area contributed by atoms with Crippen LogP contribution in [-0.2, 0) is 4.79 Å². The van der Waals surface area contributed by atoms with Crippen molar-refractivity contribution in [3.05, 3.63) is 58.2 Å². The first kappa shape index (κ1) is 19.4. The largest absolute Gasteiger partial charge is 0.495 e. The number of halogens is 1. The fourth-order valence-corrected chi connectivity index (χ4v) is 2.84. The maximum absolute atomic E-state index is 12.6. The Morgan fingerprint density at radius 1 is 1.21 bits per heavy atom. The van der Waals surface area contributed by atoms with E-state index in [-0.39, 0.29) is 5.56 Å². The normalized spacial score (nSPS) is 12.2. The summed E-state index contributed by atoms with van der Waals surface area (Å²) in [4.78, 5) is 23.8. The first-order valence-electron chi connectivity index (χ1n) is 8.49. The third-order valence-electron chi connectivity index (χ3n) is 4.24. The highest BCUT2D eigenvalue weighted by atomic mass is 35.5. The van der Waals surface area contributed by atoms with Crippen molar-refractivity contribution < 1.29 is 14.3 Å². The van der Waals surface area contributed by atoms with E-state index in [9.17, 15) is 9.59 Å². The Kier molecular flexibility index (Phi) is 5.65. The second-order valence-electron chi connectivity index (χ2n) is 6.16. The number of hydrogen-bond donors (Lipinski definition) is 3. The molecule has 0 aliphatic rings. The number of benzene rings is 2. The molecule has 3 aromatic rings. The van der Waals surface area contributed by atoms with Gasteiger partial charge in [-0.25, -0.2) is 0 Å². The molecule has 7 nitrogen and oxygen atoms in total. The highest BCUT2D eigenvalue weighted by Crippen LogP contribution is 2.32. The first-order chi connectivity index (χ1) is 13.4. The van der Waals surface area contributed by atoms with Crippen LogP contribution in [0.25, 0.3) is 23.1 Å². The second-order valence-corrected chi connectivity index (χ2v) is 6.60. The summed E-state index contributed by atoms with van der Waals surface area (Å²) in [6, 6.07) is 9.90. The molecule has 8 heteroatoms. The minimum atomic E-state index is -0.804. The molecule has 1 aromatic heterocycles. The van der Waals surface area contributed by atoms with E-state index < -0.39 is 17.9 Å². The number of ether oxygens (including phenoxy) is 1. The van der Waals surface area contributed by atoms with Gasteiger partial charge in [0.15, 0.2) is 0 Å². The van der Waals surface area contributed by atoms with Crippen LogP contribution in [0, 0.1) is 0 Å². The number of methoxy groups -OCH3 is 1. The number of H-pyrrole nitrogens is 1. The molecule has 0 aliphatic heterocycles. The van der Waals surface area contributed by atoms with Crippen molar-refractivity contribution in [2.75, 3.05) is 7.11 Å². The average molecular weight is 399 g/mol. The Labute approximate surface area is 166 Å².